The number of hydrogen-bond donors (Lipinski definition) is 1. The number of amides is 1. The molecule has 0 unspecified atom stereocenters. The maximum Gasteiger partial charge on any atom is 0.323 e. The molecule has 4 nitrogen and oxygen atoms in total. The van der Waals surface area contributed by atoms with Crippen LogP contribution in [0.4, 0.5) is 0 Å². The first-order valence-electron chi connectivity index (χ1n) is 6.02. The Labute approximate surface area is 96.6 Å². The monoisotopic (exact) mass is 227 g/mol. The summed E-state index contributed by atoms with van der Waals surface area (Å²) in [5.41, 5.74) is 0. The molecule has 1 aliphatic rings. The molecule has 1 rings (SSSR count). The molecule has 1 saturated carbocycles. The third-order valence-electron chi connectivity index (χ3n) is 2.97. The second-order valence-electron chi connectivity index (χ2n) is 4.95. The number of rotatable bonds is 5. The van der Waals surface area contributed by atoms with Crippen molar-refractivity contribution < 1.29 is 14.7 Å². The molecule has 0 heterocycles. The van der Waals surface area contributed by atoms with Gasteiger partial charge in [0.2, 0.25) is 5.91 Å². The number of carbonyl (C=O) groups excluding carboxylic acids is 1. The lowest BCUT2D eigenvalue weighted by atomic mass is 10.1. The van der Waals surface area contributed by atoms with Crippen molar-refractivity contribution in [2.75, 3.05) is 6.54 Å². The van der Waals surface area contributed by atoms with E-state index in [0.29, 0.717) is 6.42 Å². The van der Waals surface area contributed by atoms with Crippen LogP contribution < -0.4 is 0 Å². The Bertz CT molecular complexity index is 257. The highest BCUT2D eigenvalue weighted by Crippen LogP contribution is 2.24. The normalized spacial score (nSPS) is 16.7. The molecule has 0 aliphatic heterocycles. The van der Waals surface area contributed by atoms with Gasteiger partial charge >= 0.3 is 5.97 Å². The largest absolute Gasteiger partial charge is 0.480 e. The number of carboxylic acids is 1. The van der Waals surface area contributed by atoms with Gasteiger partial charge in [0.1, 0.15) is 6.54 Å². The Morgan fingerprint density at radius 3 is 2.31 bits per heavy atom. The minimum Gasteiger partial charge on any atom is -0.480 e. The summed E-state index contributed by atoms with van der Waals surface area (Å²) in [6.45, 7) is 3.81. The third kappa shape index (κ3) is 3.83. The molecule has 92 valence electrons. The van der Waals surface area contributed by atoms with Gasteiger partial charge in [-0.1, -0.05) is 26.7 Å². The van der Waals surface area contributed by atoms with Crippen LogP contribution in [0.1, 0.15) is 46.0 Å². The minimum absolute atomic E-state index is 0.00991. The standard InChI is InChI=1S/C12H21NO3/c1-9(2)7-11(14)13(8-12(15)16)10-5-3-4-6-10/h9-10H,3-8H2,1-2H3,(H,15,16). The summed E-state index contributed by atoms with van der Waals surface area (Å²) in [4.78, 5) is 24.3. The number of aliphatic carboxylic acids is 1. The van der Waals surface area contributed by atoms with Crippen molar-refractivity contribution in [3.63, 3.8) is 0 Å². The lowest BCUT2D eigenvalue weighted by molar-refractivity contribution is -0.146. The van der Waals surface area contributed by atoms with Crippen LogP contribution in [0.15, 0.2) is 0 Å². The molecular formula is C12H21NO3. The van der Waals surface area contributed by atoms with Crippen LogP contribution >= 0.6 is 0 Å². The Balaban J connectivity index is 2.61. The fraction of sp³-hybridized carbons (Fsp3) is 0.833. The van der Waals surface area contributed by atoms with E-state index < -0.39 is 5.97 Å². The molecule has 0 bridgehead atoms. The molecule has 0 aromatic rings. The summed E-state index contributed by atoms with van der Waals surface area (Å²) in [7, 11) is 0. The van der Waals surface area contributed by atoms with Gasteiger partial charge < -0.3 is 10.0 Å². The summed E-state index contributed by atoms with van der Waals surface area (Å²) < 4.78 is 0. The van der Waals surface area contributed by atoms with E-state index in [4.69, 9.17) is 5.11 Å². The second kappa shape index (κ2) is 5.87. The van der Waals surface area contributed by atoms with Crippen LogP contribution in [0.2, 0.25) is 0 Å². The van der Waals surface area contributed by atoms with Gasteiger partial charge in [-0.25, -0.2) is 0 Å². The summed E-state index contributed by atoms with van der Waals surface area (Å²) in [5.74, 6) is -0.640. The first kappa shape index (κ1) is 13.0. The van der Waals surface area contributed by atoms with Gasteiger partial charge in [-0.05, 0) is 18.8 Å². The number of nitrogens with zero attached hydrogens (tertiary/aromatic N) is 1. The van der Waals surface area contributed by atoms with Gasteiger partial charge in [0, 0.05) is 12.5 Å². The van der Waals surface area contributed by atoms with Gasteiger partial charge in [-0.15, -0.1) is 0 Å². The van der Waals surface area contributed by atoms with Crippen molar-refractivity contribution in [3.05, 3.63) is 0 Å². The van der Waals surface area contributed by atoms with E-state index in [1.807, 2.05) is 13.8 Å². The van der Waals surface area contributed by atoms with E-state index in [1.165, 1.54) is 0 Å². The minimum atomic E-state index is -0.913. The Morgan fingerprint density at radius 1 is 1.31 bits per heavy atom. The highest BCUT2D eigenvalue weighted by atomic mass is 16.4. The Kier molecular flexibility index (Phi) is 4.77. The molecule has 0 atom stereocenters. The van der Waals surface area contributed by atoms with Gasteiger partial charge in [-0.3, -0.25) is 9.59 Å². The lowest BCUT2D eigenvalue weighted by Crippen LogP contribution is -2.42. The highest BCUT2D eigenvalue weighted by Gasteiger charge is 2.28. The molecule has 1 aliphatic carbocycles. The topological polar surface area (TPSA) is 57.6 Å². The van der Waals surface area contributed by atoms with Gasteiger partial charge in [-0.2, -0.15) is 0 Å². The molecule has 0 spiro atoms. The van der Waals surface area contributed by atoms with Crippen molar-refractivity contribution in [3.8, 4) is 0 Å². The van der Waals surface area contributed by atoms with Crippen LogP contribution in [-0.2, 0) is 9.59 Å². The van der Waals surface area contributed by atoms with Crippen LogP contribution in [0.5, 0.6) is 0 Å². The van der Waals surface area contributed by atoms with Gasteiger partial charge in [0.25, 0.3) is 0 Å². The summed E-state index contributed by atoms with van der Waals surface area (Å²) in [6.07, 6.45) is 4.57. The first-order valence-corrected chi connectivity index (χ1v) is 6.02. The van der Waals surface area contributed by atoms with E-state index >= 15 is 0 Å². The zero-order valence-electron chi connectivity index (χ0n) is 10.1. The molecule has 1 N–H and O–H groups in total. The fourth-order valence-electron chi connectivity index (χ4n) is 2.25. The van der Waals surface area contributed by atoms with Crippen molar-refractivity contribution >= 4 is 11.9 Å². The molecule has 16 heavy (non-hydrogen) atoms. The summed E-state index contributed by atoms with van der Waals surface area (Å²) in [5, 5.41) is 8.83. The summed E-state index contributed by atoms with van der Waals surface area (Å²) in [6, 6.07) is 0.155. The van der Waals surface area contributed by atoms with Crippen LogP contribution in [0.25, 0.3) is 0 Å². The van der Waals surface area contributed by atoms with Crippen LogP contribution in [0, 0.1) is 5.92 Å². The first-order chi connectivity index (χ1) is 7.50. The smallest absolute Gasteiger partial charge is 0.323 e. The van der Waals surface area contributed by atoms with Crippen molar-refractivity contribution in [2.24, 2.45) is 5.92 Å². The average molecular weight is 227 g/mol. The molecule has 0 aromatic heterocycles. The van der Waals surface area contributed by atoms with E-state index in [0.717, 1.165) is 25.7 Å². The number of hydrogen-bond acceptors (Lipinski definition) is 2. The molecule has 1 amide bonds. The zero-order chi connectivity index (χ0) is 12.1. The average Bonchev–Trinajstić information content (AvgIpc) is 2.64. The van der Waals surface area contributed by atoms with Crippen LogP contribution in [0.3, 0.4) is 0 Å². The van der Waals surface area contributed by atoms with Crippen molar-refractivity contribution in [2.45, 2.75) is 52.0 Å². The second-order valence-corrected chi connectivity index (χ2v) is 4.95. The highest BCUT2D eigenvalue weighted by molar-refractivity contribution is 5.81. The van der Waals surface area contributed by atoms with Gasteiger partial charge in [0.05, 0.1) is 0 Å². The lowest BCUT2D eigenvalue weighted by Gasteiger charge is -2.28. The zero-order valence-corrected chi connectivity index (χ0v) is 10.1. The van der Waals surface area contributed by atoms with E-state index in [9.17, 15) is 9.59 Å². The van der Waals surface area contributed by atoms with Crippen molar-refractivity contribution in [1.82, 2.24) is 4.90 Å². The third-order valence-corrected chi connectivity index (χ3v) is 2.97. The van der Waals surface area contributed by atoms with Gasteiger partial charge in [0.15, 0.2) is 0 Å². The summed E-state index contributed by atoms with van der Waals surface area (Å²) >= 11 is 0. The quantitative estimate of drug-likeness (QED) is 0.780. The van der Waals surface area contributed by atoms with Crippen LogP contribution in [-0.4, -0.2) is 34.5 Å². The van der Waals surface area contributed by atoms with E-state index in [2.05, 4.69) is 0 Å². The SMILES string of the molecule is CC(C)CC(=O)N(CC(=O)O)C1CCCC1. The Morgan fingerprint density at radius 2 is 1.88 bits per heavy atom. The van der Waals surface area contributed by atoms with Crippen molar-refractivity contribution in [1.29, 1.82) is 0 Å². The predicted octanol–water partition coefficient (Wildman–Crippen LogP) is 1.89. The number of carbonyl (C=O) groups is 2. The molecule has 1 fully saturated rings. The molecular weight excluding hydrogens is 206 g/mol. The molecule has 4 heteroatoms. The maximum absolute atomic E-state index is 11.9. The Hall–Kier alpha value is -1.06. The predicted molar refractivity (Wildman–Crippen MR) is 61.1 cm³/mol. The molecule has 0 saturated heterocycles. The van der Waals surface area contributed by atoms with E-state index in [-0.39, 0.29) is 24.4 Å². The van der Waals surface area contributed by atoms with E-state index in [1.54, 1.807) is 4.90 Å². The fourth-order valence-corrected chi connectivity index (χ4v) is 2.25. The number of carboxylic acid groups (broad SMARTS) is 1. The molecule has 0 aromatic carbocycles. The molecule has 0 radical (unpaired) electrons. The maximum atomic E-state index is 11.9.